The van der Waals surface area contributed by atoms with E-state index in [1.54, 1.807) is 0 Å². The highest BCUT2D eigenvalue weighted by Crippen LogP contribution is 2.45. The lowest BCUT2D eigenvalue weighted by Gasteiger charge is -2.30. The van der Waals surface area contributed by atoms with Crippen LogP contribution in [0.3, 0.4) is 0 Å². The molecule has 3 nitrogen and oxygen atoms in total. The molecule has 0 aromatic rings. The van der Waals surface area contributed by atoms with E-state index in [4.69, 9.17) is 5.73 Å². The van der Waals surface area contributed by atoms with Crippen molar-refractivity contribution in [2.45, 2.75) is 51.5 Å². The quantitative estimate of drug-likeness (QED) is 0.740. The molecule has 0 heterocycles. The fourth-order valence-electron chi connectivity index (χ4n) is 2.53. The molecule has 2 unspecified atom stereocenters. The molecule has 3 heteroatoms. The Hall–Kier alpha value is -0.570. The Morgan fingerprint density at radius 1 is 1.40 bits per heavy atom. The monoisotopic (exact) mass is 210 g/mol. The van der Waals surface area contributed by atoms with Crippen LogP contribution in [0.1, 0.15) is 45.4 Å². The first-order chi connectivity index (χ1) is 7.18. The second-order valence-electron chi connectivity index (χ2n) is 5.33. The van der Waals surface area contributed by atoms with Gasteiger partial charge < -0.3 is 11.1 Å². The minimum absolute atomic E-state index is 0.183. The molecule has 0 spiro atoms. The van der Waals surface area contributed by atoms with E-state index < -0.39 is 0 Å². The van der Waals surface area contributed by atoms with Crippen LogP contribution in [0.4, 0.5) is 0 Å². The summed E-state index contributed by atoms with van der Waals surface area (Å²) >= 11 is 0. The summed E-state index contributed by atoms with van der Waals surface area (Å²) in [6, 6.07) is 0.398. The van der Waals surface area contributed by atoms with Gasteiger partial charge in [0.25, 0.3) is 0 Å². The SMILES string of the molecule is CC1CCCCC1NC(=O)C1(CN)CC1. The number of carbonyl (C=O) groups excluding carboxylic acids is 1. The van der Waals surface area contributed by atoms with Crippen molar-refractivity contribution in [1.29, 1.82) is 0 Å². The predicted octanol–water partition coefficient (Wildman–Crippen LogP) is 1.42. The largest absolute Gasteiger partial charge is 0.353 e. The normalized spacial score (nSPS) is 33.5. The number of rotatable bonds is 3. The number of nitrogens with two attached hydrogens (primary N) is 1. The minimum Gasteiger partial charge on any atom is -0.353 e. The third kappa shape index (κ3) is 2.17. The Kier molecular flexibility index (Phi) is 3.01. The van der Waals surface area contributed by atoms with Crippen LogP contribution >= 0.6 is 0 Å². The van der Waals surface area contributed by atoms with Gasteiger partial charge in [-0.05, 0) is 31.6 Å². The van der Waals surface area contributed by atoms with Crippen LogP contribution < -0.4 is 11.1 Å². The van der Waals surface area contributed by atoms with E-state index in [0.29, 0.717) is 18.5 Å². The molecule has 2 aliphatic carbocycles. The Labute approximate surface area is 91.8 Å². The molecule has 2 fully saturated rings. The summed E-state index contributed by atoms with van der Waals surface area (Å²) < 4.78 is 0. The maximum Gasteiger partial charge on any atom is 0.227 e. The maximum absolute atomic E-state index is 12.0. The molecule has 0 bridgehead atoms. The molecule has 1 amide bonds. The van der Waals surface area contributed by atoms with Crippen LogP contribution in [0.15, 0.2) is 0 Å². The van der Waals surface area contributed by atoms with E-state index in [1.165, 1.54) is 19.3 Å². The number of carbonyl (C=O) groups is 1. The standard InChI is InChI=1S/C12H22N2O/c1-9-4-2-3-5-10(9)14-11(15)12(8-13)6-7-12/h9-10H,2-8,13H2,1H3,(H,14,15). The lowest BCUT2D eigenvalue weighted by molar-refractivity contribution is -0.127. The van der Waals surface area contributed by atoms with Crippen LogP contribution in [-0.2, 0) is 4.79 Å². The van der Waals surface area contributed by atoms with Crippen molar-refractivity contribution in [3.8, 4) is 0 Å². The molecular formula is C12H22N2O. The number of amides is 1. The molecule has 0 radical (unpaired) electrons. The van der Waals surface area contributed by atoms with Gasteiger partial charge >= 0.3 is 0 Å². The van der Waals surface area contributed by atoms with Crippen molar-refractivity contribution >= 4 is 5.91 Å². The summed E-state index contributed by atoms with van der Waals surface area (Å²) in [5, 5.41) is 3.20. The average molecular weight is 210 g/mol. The van der Waals surface area contributed by atoms with Gasteiger partial charge in [0.1, 0.15) is 0 Å². The van der Waals surface area contributed by atoms with Crippen LogP contribution in [0, 0.1) is 11.3 Å². The zero-order chi connectivity index (χ0) is 10.9. The van der Waals surface area contributed by atoms with Gasteiger partial charge in [0.15, 0.2) is 0 Å². The number of hydrogen-bond acceptors (Lipinski definition) is 2. The molecule has 0 saturated heterocycles. The summed E-state index contributed by atoms with van der Waals surface area (Å²) in [6.45, 7) is 2.76. The summed E-state index contributed by atoms with van der Waals surface area (Å²) in [5.74, 6) is 0.847. The molecule has 2 atom stereocenters. The van der Waals surface area contributed by atoms with Crippen LogP contribution in [-0.4, -0.2) is 18.5 Å². The van der Waals surface area contributed by atoms with Crippen molar-refractivity contribution in [3.05, 3.63) is 0 Å². The molecule has 86 valence electrons. The van der Waals surface area contributed by atoms with Crippen molar-refractivity contribution in [3.63, 3.8) is 0 Å². The number of nitrogens with one attached hydrogen (secondary N) is 1. The lowest BCUT2D eigenvalue weighted by atomic mass is 9.85. The highest BCUT2D eigenvalue weighted by Gasteiger charge is 2.49. The van der Waals surface area contributed by atoms with Crippen LogP contribution in [0.2, 0.25) is 0 Å². The van der Waals surface area contributed by atoms with Crippen LogP contribution in [0.5, 0.6) is 0 Å². The van der Waals surface area contributed by atoms with Crippen molar-refractivity contribution in [1.82, 2.24) is 5.32 Å². The third-order valence-corrected chi connectivity index (χ3v) is 4.15. The van der Waals surface area contributed by atoms with Crippen molar-refractivity contribution < 1.29 is 4.79 Å². The van der Waals surface area contributed by atoms with Gasteiger partial charge in [-0.25, -0.2) is 0 Å². The van der Waals surface area contributed by atoms with Gasteiger partial charge in [-0.15, -0.1) is 0 Å². The van der Waals surface area contributed by atoms with E-state index in [1.807, 2.05) is 0 Å². The first-order valence-electron chi connectivity index (χ1n) is 6.19. The van der Waals surface area contributed by atoms with Gasteiger partial charge in [-0.1, -0.05) is 19.8 Å². The zero-order valence-electron chi connectivity index (χ0n) is 9.59. The lowest BCUT2D eigenvalue weighted by Crippen LogP contribution is -2.46. The summed E-state index contributed by atoms with van der Waals surface area (Å²) in [6.07, 6.45) is 6.93. The van der Waals surface area contributed by atoms with Gasteiger partial charge in [0, 0.05) is 12.6 Å². The molecule has 0 aromatic carbocycles. The van der Waals surface area contributed by atoms with Gasteiger partial charge in [-0.2, -0.15) is 0 Å². The fourth-order valence-corrected chi connectivity index (χ4v) is 2.53. The molecule has 0 aromatic heterocycles. The molecule has 2 saturated carbocycles. The topological polar surface area (TPSA) is 55.1 Å². The Bertz CT molecular complexity index is 248. The van der Waals surface area contributed by atoms with E-state index >= 15 is 0 Å². The second-order valence-corrected chi connectivity index (χ2v) is 5.33. The van der Waals surface area contributed by atoms with E-state index in [0.717, 1.165) is 19.3 Å². The summed E-state index contributed by atoms with van der Waals surface area (Å²) in [5.41, 5.74) is 5.47. The Morgan fingerprint density at radius 2 is 2.07 bits per heavy atom. The smallest absolute Gasteiger partial charge is 0.227 e. The van der Waals surface area contributed by atoms with Gasteiger partial charge in [-0.3, -0.25) is 4.79 Å². The summed E-state index contributed by atoms with van der Waals surface area (Å²) in [4.78, 5) is 12.0. The highest BCUT2D eigenvalue weighted by atomic mass is 16.2. The Morgan fingerprint density at radius 3 is 2.60 bits per heavy atom. The maximum atomic E-state index is 12.0. The van der Waals surface area contributed by atoms with E-state index in [-0.39, 0.29) is 11.3 Å². The van der Waals surface area contributed by atoms with Crippen LogP contribution in [0.25, 0.3) is 0 Å². The van der Waals surface area contributed by atoms with Gasteiger partial charge in [0.05, 0.1) is 5.41 Å². The molecule has 3 N–H and O–H groups in total. The highest BCUT2D eigenvalue weighted by molar-refractivity contribution is 5.85. The van der Waals surface area contributed by atoms with Crippen molar-refractivity contribution in [2.24, 2.45) is 17.1 Å². The molecular weight excluding hydrogens is 188 g/mol. The first-order valence-corrected chi connectivity index (χ1v) is 6.19. The third-order valence-electron chi connectivity index (χ3n) is 4.15. The predicted molar refractivity (Wildman–Crippen MR) is 60.3 cm³/mol. The molecule has 2 rings (SSSR count). The van der Waals surface area contributed by atoms with E-state index in [9.17, 15) is 4.79 Å². The van der Waals surface area contributed by atoms with Gasteiger partial charge in [0.2, 0.25) is 5.91 Å². The number of hydrogen-bond donors (Lipinski definition) is 2. The molecule has 0 aliphatic heterocycles. The summed E-state index contributed by atoms with van der Waals surface area (Å²) in [7, 11) is 0. The second kappa shape index (κ2) is 4.12. The molecule has 2 aliphatic rings. The fraction of sp³-hybridized carbons (Fsp3) is 0.917. The first kappa shape index (κ1) is 10.9. The van der Waals surface area contributed by atoms with E-state index in [2.05, 4.69) is 12.2 Å². The Balaban J connectivity index is 1.88. The molecule has 15 heavy (non-hydrogen) atoms. The van der Waals surface area contributed by atoms with Crippen molar-refractivity contribution in [2.75, 3.05) is 6.54 Å². The zero-order valence-corrected chi connectivity index (χ0v) is 9.59. The average Bonchev–Trinajstić information content (AvgIpc) is 3.02. The minimum atomic E-state index is -0.183.